The Morgan fingerprint density at radius 2 is 1.20 bits per heavy atom. The zero-order valence-corrected chi connectivity index (χ0v) is 32.2. The molecule has 1 aromatic heterocycles. The highest BCUT2D eigenvalue weighted by molar-refractivity contribution is 6.99. The molecule has 6 aromatic rings. The molecule has 8 rings (SSSR count). The summed E-state index contributed by atoms with van der Waals surface area (Å²) in [5.74, 6) is 0. The van der Waals surface area contributed by atoms with Gasteiger partial charge in [0, 0.05) is 22.4 Å². The molecule has 5 aromatic carbocycles. The van der Waals surface area contributed by atoms with E-state index < -0.39 is 0 Å². The molecule has 1 aliphatic heterocycles. The summed E-state index contributed by atoms with van der Waals surface area (Å²) < 4.78 is 6.59. The molecule has 0 N–H and O–H groups in total. The van der Waals surface area contributed by atoms with Crippen LogP contribution in [0.4, 0.5) is 17.1 Å². The Kier molecular flexibility index (Phi) is 7.59. The third-order valence-electron chi connectivity index (χ3n) is 12.0. The normalized spacial score (nSPS) is 16.5. The maximum Gasteiger partial charge on any atom is 0.251 e. The lowest BCUT2D eigenvalue weighted by Gasteiger charge is -2.42. The first kappa shape index (κ1) is 33.6. The maximum absolute atomic E-state index is 6.59. The van der Waals surface area contributed by atoms with E-state index in [1.54, 1.807) is 0 Å². The fraction of sp³-hybridized carbons (Fsp3) is 0.333. The molecule has 0 fully saturated rings. The molecule has 258 valence electrons. The Morgan fingerprint density at radius 3 is 1.84 bits per heavy atom. The lowest BCUT2D eigenvalue weighted by atomic mass is 9.35. The van der Waals surface area contributed by atoms with Crippen LogP contribution in [0, 0.1) is 0 Å². The second-order valence-corrected chi connectivity index (χ2v) is 18.6. The van der Waals surface area contributed by atoms with Crippen LogP contribution in [0.2, 0.25) is 0 Å². The minimum absolute atomic E-state index is 0.00333. The summed E-state index contributed by atoms with van der Waals surface area (Å²) >= 11 is 0. The third kappa shape index (κ3) is 5.65. The predicted molar refractivity (Wildman–Crippen MR) is 220 cm³/mol. The fourth-order valence-corrected chi connectivity index (χ4v) is 8.60. The van der Waals surface area contributed by atoms with Crippen LogP contribution >= 0.6 is 0 Å². The van der Waals surface area contributed by atoms with Gasteiger partial charge < -0.3 is 9.32 Å². The molecule has 3 heteroatoms. The monoisotopic (exact) mass is 669 g/mol. The van der Waals surface area contributed by atoms with Crippen molar-refractivity contribution >= 4 is 51.1 Å². The zero-order valence-electron chi connectivity index (χ0n) is 32.2. The molecule has 0 bridgehead atoms. The van der Waals surface area contributed by atoms with Gasteiger partial charge in [0.25, 0.3) is 6.71 Å². The van der Waals surface area contributed by atoms with Crippen molar-refractivity contribution < 1.29 is 4.42 Å². The van der Waals surface area contributed by atoms with Crippen molar-refractivity contribution in [2.45, 2.75) is 104 Å². The van der Waals surface area contributed by atoms with E-state index >= 15 is 0 Å². The van der Waals surface area contributed by atoms with Crippen LogP contribution < -0.4 is 21.3 Å². The van der Waals surface area contributed by atoms with Gasteiger partial charge in [-0.05, 0) is 121 Å². The van der Waals surface area contributed by atoms with Crippen LogP contribution in [0.1, 0.15) is 104 Å². The van der Waals surface area contributed by atoms with Crippen LogP contribution in [0.5, 0.6) is 0 Å². The number of hydrogen-bond donors (Lipinski definition) is 0. The highest BCUT2D eigenvalue weighted by Gasteiger charge is 2.41. The second kappa shape index (κ2) is 11.5. The Labute approximate surface area is 306 Å². The molecule has 51 heavy (non-hydrogen) atoms. The van der Waals surface area contributed by atoms with E-state index in [4.69, 9.17) is 4.42 Å². The van der Waals surface area contributed by atoms with Crippen molar-refractivity contribution in [2.75, 3.05) is 4.90 Å². The molecule has 2 nitrogen and oxygen atoms in total. The second-order valence-electron chi connectivity index (χ2n) is 18.6. The SMILES string of the molecule is CC(C)(C)c1ccc(N2c3ccc(C(C)(C)C)cc3B(c3coc4cc5c(cc34)C(C)(C)CCC5(C)C)c3ccc(-c4ccccc4)cc32)cc1. The van der Waals surface area contributed by atoms with Crippen LogP contribution in [0.15, 0.2) is 114 Å². The van der Waals surface area contributed by atoms with Crippen LogP contribution in [0.3, 0.4) is 0 Å². The first-order chi connectivity index (χ1) is 24.0. The predicted octanol–water partition coefficient (Wildman–Crippen LogP) is 11.3. The average molecular weight is 670 g/mol. The topological polar surface area (TPSA) is 16.4 Å². The maximum atomic E-state index is 6.59. The van der Waals surface area contributed by atoms with E-state index in [-0.39, 0.29) is 28.4 Å². The van der Waals surface area contributed by atoms with Crippen molar-refractivity contribution in [2.24, 2.45) is 0 Å². The number of rotatable bonds is 3. The first-order valence-electron chi connectivity index (χ1n) is 18.8. The molecular formula is C48H52BNO. The fourth-order valence-electron chi connectivity index (χ4n) is 8.60. The molecule has 0 unspecified atom stereocenters. The summed E-state index contributed by atoms with van der Waals surface area (Å²) in [7, 11) is 0. The lowest BCUT2D eigenvalue weighted by molar-refractivity contribution is 0.332. The molecule has 0 amide bonds. The Balaban J connectivity index is 1.41. The van der Waals surface area contributed by atoms with Gasteiger partial charge in [-0.3, -0.25) is 0 Å². The first-order valence-corrected chi connectivity index (χ1v) is 18.8. The zero-order chi connectivity index (χ0) is 36.1. The highest BCUT2D eigenvalue weighted by Crippen LogP contribution is 2.47. The van der Waals surface area contributed by atoms with Crippen molar-refractivity contribution in [1.82, 2.24) is 0 Å². The third-order valence-corrected chi connectivity index (χ3v) is 12.0. The molecule has 1 aliphatic carbocycles. The largest absolute Gasteiger partial charge is 0.465 e. The molecule has 0 atom stereocenters. The average Bonchev–Trinajstić information content (AvgIpc) is 3.50. The van der Waals surface area contributed by atoms with Crippen molar-refractivity contribution in [3.05, 3.63) is 132 Å². The van der Waals surface area contributed by atoms with E-state index in [0.717, 1.165) is 5.58 Å². The van der Waals surface area contributed by atoms with Gasteiger partial charge in [0.1, 0.15) is 5.58 Å². The standard InChI is InChI=1S/C48H52BNO/c1-45(2,3)33-17-20-35(21-18-33)50-42-23-19-34(46(4,5)6)27-40(42)49(39-22-16-32(26-43(39)50)31-14-12-11-13-15-31)41-30-51-44-29-38-37(28-36(41)44)47(7,8)24-25-48(38,9)10/h11-23,26-30H,24-25H2,1-10H3. The summed E-state index contributed by atoms with van der Waals surface area (Å²) in [6.07, 6.45) is 4.43. The summed E-state index contributed by atoms with van der Waals surface area (Å²) in [5, 5.41) is 1.23. The van der Waals surface area contributed by atoms with E-state index in [1.807, 2.05) is 0 Å². The van der Waals surface area contributed by atoms with Crippen molar-refractivity contribution in [3.63, 3.8) is 0 Å². The molecule has 2 aliphatic rings. The lowest BCUT2D eigenvalue weighted by Crippen LogP contribution is -2.57. The summed E-state index contributed by atoms with van der Waals surface area (Å²) in [6.45, 7) is 23.4. The summed E-state index contributed by atoms with van der Waals surface area (Å²) in [5.41, 5.74) is 16.8. The highest BCUT2D eigenvalue weighted by atomic mass is 16.3. The molecule has 0 saturated carbocycles. The molecular weight excluding hydrogens is 617 g/mol. The van der Waals surface area contributed by atoms with E-state index in [1.165, 1.54) is 85.1 Å². The number of benzene rings is 5. The summed E-state index contributed by atoms with van der Waals surface area (Å²) in [6, 6.07) is 39.2. The number of hydrogen-bond acceptors (Lipinski definition) is 2. The molecule has 0 radical (unpaired) electrons. The van der Waals surface area contributed by atoms with Crippen molar-refractivity contribution in [3.8, 4) is 11.1 Å². The Morgan fingerprint density at radius 1 is 0.569 bits per heavy atom. The molecule has 0 spiro atoms. The van der Waals surface area contributed by atoms with E-state index in [2.05, 4.69) is 184 Å². The quantitative estimate of drug-likeness (QED) is 0.174. The van der Waals surface area contributed by atoms with Crippen LogP contribution in [-0.2, 0) is 21.7 Å². The Bertz CT molecular complexity index is 2280. The van der Waals surface area contributed by atoms with Gasteiger partial charge >= 0.3 is 0 Å². The minimum atomic E-state index is 0.00333. The number of furan rings is 1. The summed E-state index contributed by atoms with van der Waals surface area (Å²) in [4.78, 5) is 2.50. The molecule has 2 heterocycles. The van der Waals surface area contributed by atoms with Gasteiger partial charge in [0.2, 0.25) is 0 Å². The number of nitrogens with zero attached hydrogens (tertiary/aromatic N) is 1. The van der Waals surface area contributed by atoms with Crippen LogP contribution in [0.25, 0.3) is 22.1 Å². The minimum Gasteiger partial charge on any atom is -0.465 e. The Hall–Kier alpha value is -4.50. The van der Waals surface area contributed by atoms with E-state index in [9.17, 15) is 0 Å². The number of anilines is 3. The van der Waals surface area contributed by atoms with Gasteiger partial charge in [-0.15, -0.1) is 0 Å². The van der Waals surface area contributed by atoms with E-state index in [0.29, 0.717) is 0 Å². The van der Waals surface area contributed by atoms with Crippen LogP contribution in [-0.4, -0.2) is 6.71 Å². The van der Waals surface area contributed by atoms with Gasteiger partial charge in [-0.25, -0.2) is 0 Å². The number of fused-ring (bicyclic) bond motifs is 4. The van der Waals surface area contributed by atoms with Gasteiger partial charge in [0.05, 0.1) is 6.26 Å². The van der Waals surface area contributed by atoms with Gasteiger partial charge in [-0.2, -0.15) is 0 Å². The van der Waals surface area contributed by atoms with Gasteiger partial charge in [-0.1, -0.05) is 136 Å². The van der Waals surface area contributed by atoms with Crippen molar-refractivity contribution in [1.29, 1.82) is 0 Å². The smallest absolute Gasteiger partial charge is 0.251 e. The molecule has 0 saturated heterocycles. The van der Waals surface area contributed by atoms with Gasteiger partial charge in [0.15, 0.2) is 0 Å².